The largest absolute Gasteiger partial charge is 0.466 e. The van der Waals surface area contributed by atoms with Crippen LogP contribution in [-0.4, -0.2) is 65.4 Å². The Morgan fingerprint density at radius 1 is 0.559 bits per heavy atom. The molecule has 0 aliphatic rings. The van der Waals surface area contributed by atoms with Gasteiger partial charge < -0.3 is 23.7 Å². The van der Waals surface area contributed by atoms with E-state index in [1.807, 2.05) is 0 Å². The molecule has 0 amide bonds. The van der Waals surface area contributed by atoms with E-state index in [4.69, 9.17) is 23.7 Å². The summed E-state index contributed by atoms with van der Waals surface area (Å²) < 4.78 is 27.5. The van der Waals surface area contributed by atoms with Crippen LogP contribution in [0.1, 0.15) is 111 Å². The molecule has 0 aromatic rings. The van der Waals surface area contributed by atoms with E-state index < -0.39 is 0 Å². The van der Waals surface area contributed by atoms with E-state index >= 15 is 0 Å². The molecule has 0 aliphatic carbocycles. The lowest BCUT2D eigenvalue weighted by atomic mass is 10.0. The lowest BCUT2D eigenvalue weighted by molar-refractivity contribution is -0.144. The second kappa shape index (κ2) is 28.5. The number of hydrogen-bond acceptors (Lipinski definition) is 6. The molecule has 0 aliphatic heterocycles. The van der Waals surface area contributed by atoms with Gasteiger partial charge in [-0.05, 0) is 25.2 Å². The Kier molecular flexibility index (Phi) is 28.0. The van der Waals surface area contributed by atoms with Crippen molar-refractivity contribution >= 4 is 5.97 Å². The van der Waals surface area contributed by atoms with Crippen molar-refractivity contribution in [2.24, 2.45) is 5.92 Å². The first kappa shape index (κ1) is 33.3. The van der Waals surface area contributed by atoms with Crippen molar-refractivity contribution < 1.29 is 28.5 Å². The Morgan fingerprint density at radius 3 is 1.68 bits per heavy atom. The minimum absolute atomic E-state index is 0.116. The fourth-order valence-electron chi connectivity index (χ4n) is 3.62. The monoisotopic (exact) mass is 488 g/mol. The molecule has 0 saturated carbocycles. The summed E-state index contributed by atoms with van der Waals surface area (Å²) in [4.78, 5) is 11.7. The highest BCUT2D eigenvalue weighted by Crippen LogP contribution is 2.12. The van der Waals surface area contributed by atoms with Gasteiger partial charge in [0.05, 0.1) is 46.2 Å². The fourth-order valence-corrected chi connectivity index (χ4v) is 3.62. The first-order valence-corrected chi connectivity index (χ1v) is 14.2. The summed E-state index contributed by atoms with van der Waals surface area (Å²) in [5.74, 6) is 0.559. The van der Waals surface area contributed by atoms with E-state index in [0.29, 0.717) is 71.6 Å². The average Bonchev–Trinajstić information content (AvgIpc) is 2.85. The molecule has 0 aromatic heterocycles. The van der Waals surface area contributed by atoms with Crippen LogP contribution in [0.25, 0.3) is 0 Å². The van der Waals surface area contributed by atoms with Gasteiger partial charge in [-0.1, -0.05) is 85.0 Å². The highest BCUT2D eigenvalue weighted by atomic mass is 16.6. The molecule has 0 saturated heterocycles. The molecule has 0 rings (SSSR count). The van der Waals surface area contributed by atoms with E-state index in [1.165, 1.54) is 64.2 Å². The molecular formula is C28H56O6. The van der Waals surface area contributed by atoms with Crippen LogP contribution in [0.3, 0.4) is 0 Å². The van der Waals surface area contributed by atoms with Crippen molar-refractivity contribution in [1.29, 1.82) is 0 Å². The molecule has 1 atom stereocenters. The van der Waals surface area contributed by atoms with Crippen molar-refractivity contribution in [2.45, 2.75) is 111 Å². The molecule has 6 nitrogen and oxygen atoms in total. The number of esters is 1. The summed E-state index contributed by atoms with van der Waals surface area (Å²) in [5.41, 5.74) is 0. The molecule has 204 valence electrons. The molecule has 1 unspecified atom stereocenters. The molecule has 0 spiro atoms. The molecular weight excluding hydrogens is 432 g/mol. The SMILES string of the molecule is CCCCCCCCCCOC(=O)CCCOCCOCCOCCOCC(CC)CCCC. The molecule has 0 N–H and O–H groups in total. The predicted molar refractivity (Wildman–Crippen MR) is 139 cm³/mol. The van der Waals surface area contributed by atoms with E-state index in [1.54, 1.807) is 0 Å². The first-order chi connectivity index (χ1) is 16.7. The summed E-state index contributed by atoms with van der Waals surface area (Å²) in [6, 6.07) is 0. The van der Waals surface area contributed by atoms with Crippen LogP contribution in [0.4, 0.5) is 0 Å². The minimum Gasteiger partial charge on any atom is -0.466 e. The maximum Gasteiger partial charge on any atom is 0.305 e. The van der Waals surface area contributed by atoms with E-state index in [0.717, 1.165) is 19.4 Å². The van der Waals surface area contributed by atoms with Gasteiger partial charge in [-0.15, -0.1) is 0 Å². The van der Waals surface area contributed by atoms with Crippen LogP contribution in [0.15, 0.2) is 0 Å². The first-order valence-electron chi connectivity index (χ1n) is 14.2. The molecule has 0 bridgehead atoms. The van der Waals surface area contributed by atoms with Gasteiger partial charge in [-0.3, -0.25) is 4.79 Å². The van der Waals surface area contributed by atoms with Crippen LogP contribution < -0.4 is 0 Å². The van der Waals surface area contributed by atoms with Crippen LogP contribution >= 0.6 is 0 Å². The summed E-state index contributed by atoms with van der Waals surface area (Å²) >= 11 is 0. The van der Waals surface area contributed by atoms with Gasteiger partial charge in [0, 0.05) is 19.6 Å². The zero-order valence-corrected chi connectivity index (χ0v) is 22.8. The fraction of sp³-hybridized carbons (Fsp3) is 0.964. The minimum atomic E-state index is -0.116. The van der Waals surface area contributed by atoms with Crippen molar-refractivity contribution in [3.63, 3.8) is 0 Å². The summed E-state index contributed by atoms with van der Waals surface area (Å²) in [7, 11) is 0. The normalized spacial score (nSPS) is 12.2. The van der Waals surface area contributed by atoms with Crippen molar-refractivity contribution in [3.05, 3.63) is 0 Å². The zero-order chi connectivity index (χ0) is 25.0. The van der Waals surface area contributed by atoms with E-state index in [-0.39, 0.29) is 5.97 Å². The smallest absolute Gasteiger partial charge is 0.305 e. The van der Waals surface area contributed by atoms with Gasteiger partial charge in [0.15, 0.2) is 0 Å². The lowest BCUT2D eigenvalue weighted by Crippen LogP contribution is -2.14. The van der Waals surface area contributed by atoms with Gasteiger partial charge in [0.1, 0.15) is 0 Å². The lowest BCUT2D eigenvalue weighted by Gasteiger charge is -2.14. The maximum absolute atomic E-state index is 11.7. The Bertz CT molecular complexity index is 404. The zero-order valence-electron chi connectivity index (χ0n) is 22.8. The third-order valence-electron chi connectivity index (χ3n) is 5.94. The summed E-state index contributed by atoms with van der Waals surface area (Å²) in [6.45, 7) is 12.1. The van der Waals surface area contributed by atoms with E-state index in [2.05, 4.69) is 20.8 Å². The van der Waals surface area contributed by atoms with E-state index in [9.17, 15) is 4.79 Å². The topological polar surface area (TPSA) is 63.2 Å². The maximum atomic E-state index is 11.7. The number of carbonyl (C=O) groups is 1. The van der Waals surface area contributed by atoms with Gasteiger partial charge in [0.25, 0.3) is 0 Å². The number of ether oxygens (including phenoxy) is 5. The molecule has 0 aromatic carbocycles. The van der Waals surface area contributed by atoms with Crippen molar-refractivity contribution in [2.75, 3.05) is 59.5 Å². The Balaban J connectivity index is 3.22. The highest BCUT2D eigenvalue weighted by molar-refractivity contribution is 5.69. The van der Waals surface area contributed by atoms with Crippen molar-refractivity contribution in [1.82, 2.24) is 0 Å². The molecule has 0 radical (unpaired) electrons. The Hall–Kier alpha value is -0.690. The Morgan fingerprint density at radius 2 is 1.09 bits per heavy atom. The highest BCUT2D eigenvalue weighted by Gasteiger charge is 2.05. The number of unbranched alkanes of at least 4 members (excludes halogenated alkanes) is 8. The van der Waals surface area contributed by atoms with Crippen LogP contribution in [0.5, 0.6) is 0 Å². The third kappa shape index (κ3) is 25.9. The molecule has 0 fully saturated rings. The van der Waals surface area contributed by atoms with Gasteiger partial charge in [0.2, 0.25) is 0 Å². The number of rotatable bonds is 28. The molecule has 0 heterocycles. The van der Waals surface area contributed by atoms with Gasteiger partial charge in [-0.2, -0.15) is 0 Å². The number of carbonyl (C=O) groups excluding carboxylic acids is 1. The van der Waals surface area contributed by atoms with Crippen molar-refractivity contribution in [3.8, 4) is 0 Å². The van der Waals surface area contributed by atoms with Crippen LogP contribution in [0, 0.1) is 5.92 Å². The van der Waals surface area contributed by atoms with Gasteiger partial charge >= 0.3 is 5.97 Å². The van der Waals surface area contributed by atoms with Crippen LogP contribution in [0.2, 0.25) is 0 Å². The standard InChI is InChI=1S/C28H56O6/c1-4-7-9-10-11-12-13-14-19-34-28(29)17-15-18-30-20-21-31-22-23-32-24-25-33-26-27(6-3)16-8-5-2/h27H,4-26H2,1-3H3. The summed E-state index contributed by atoms with van der Waals surface area (Å²) in [6.07, 6.45) is 16.1. The molecule has 6 heteroatoms. The number of hydrogen-bond donors (Lipinski definition) is 0. The van der Waals surface area contributed by atoms with Gasteiger partial charge in [-0.25, -0.2) is 0 Å². The molecule has 34 heavy (non-hydrogen) atoms. The predicted octanol–water partition coefficient (Wildman–Crippen LogP) is 6.73. The summed E-state index contributed by atoms with van der Waals surface area (Å²) in [5, 5.41) is 0. The second-order valence-corrected chi connectivity index (χ2v) is 9.13. The Labute approximate surface area is 210 Å². The second-order valence-electron chi connectivity index (χ2n) is 9.13. The quantitative estimate of drug-likeness (QED) is 0.0898. The third-order valence-corrected chi connectivity index (χ3v) is 5.94. The average molecular weight is 489 g/mol. The van der Waals surface area contributed by atoms with Crippen LogP contribution in [-0.2, 0) is 28.5 Å².